The Morgan fingerprint density at radius 2 is 2.07 bits per heavy atom. The van der Waals surface area contributed by atoms with Gasteiger partial charge in [0, 0.05) is 24.2 Å². The molecular weight excluding hydrogens is 358 g/mol. The number of likely N-dealkylation sites (tertiary alicyclic amines) is 1. The summed E-state index contributed by atoms with van der Waals surface area (Å²) < 4.78 is 5.43. The highest BCUT2D eigenvalue weighted by atomic mass is 16.6. The number of ether oxygens (including phenoxy) is 1. The van der Waals surface area contributed by atoms with Crippen LogP contribution >= 0.6 is 0 Å². The predicted molar refractivity (Wildman–Crippen MR) is 102 cm³/mol. The minimum atomic E-state index is -1.07. The molecule has 7 nitrogen and oxygen atoms in total. The molecule has 1 atom stereocenters. The first-order chi connectivity index (χ1) is 13.2. The third kappa shape index (κ3) is 4.02. The zero-order valence-electron chi connectivity index (χ0n) is 16.4. The summed E-state index contributed by atoms with van der Waals surface area (Å²) in [7, 11) is 0. The highest BCUT2D eigenvalue weighted by Crippen LogP contribution is 2.32. The van der Waals surface area contributed by atoms with Gasteiger partial charge in [-0.05, 0) is 45.3 Å². The first-order valence-corrected chi connectivity index (χ1v) is 9.38. The summed E-state index contributed by atoms with van der Waals surface area (Å²) >= 11 is 0. The Hall–Kier alpha value is -2.85. The molecule has 2 aliphatic heterocycles. The van der Waals surface area contributed by atoms with Gasteiger partial charge in [0.1, 0.15) is 5.60 Å². The number of hydrogen-bond donors (Lipinski definition) is 1. The van der Waals surface area contributed by atoms with Crippen LogP contribution in [-0.2, 0) is 4.74 Å². The second kappa shape index (κ2) is 7.64. The molecule has 1 saturated heterocycles. The SMILES string of the molecule is CC(C)(C)OC(=O)N1CCC/C(=C(/C#N)CN2C(=O)c3ccccc3C2O)C1. The van der Waals surface area contributed by atoms with Crippen LogP contribution in [0.5, 0.6) is 0 Å². The lowest BCUT2D eigenvalue weighted by Gasteiger charge is -2.32. The molecule has 1 aromatic carbocycles. The number of nitrogens with zero attached hydrogens (tertiary/aromatic N) is 3. The van der Waals surface area contributed by atoms with Crippen molar-refractivity contribution in [3.63, 3.8) is 0 Å². The first kappa shape index (κ1) is 19.9. The zero-order chi connectivity index (χ0) is 20.5. The largest absolute Gasteiger partial charge is 0.444 e. The van der Waals surface area contributed by atoms with Crippen molar-refractivity contribution >= 4 is 12.0 Å². The van der Waals surface area contributed by atoms with Crippen molar-refractivity contribution in [2.75, 3.05) is 19.6 Å². The summed E-state index contributed by atoms with van der Waals surface area (Å²) in [6, 6.07) is 9.06. The molecule has 1 unspecified atom stereocenters. The van der Waals surface area contributed by atoms with E-state index in [9.17, 15) is 20.0 Å². The number of rotatable bonds is 2. The van der Waals surface area contributed by atoms with Crippen LogP contribution in [0.25, 0.3) is 0 Å². The number of piperidine rings is 1. The van der Waals surface area contributed by atoms with E-state index >= 15 is 0 Å². The summed E-state index contributed by atoms with van der Waals surface area (Å²) in [4.78, 5) is 27.9. The molecule has 0 aromatic heterocycles. The molecule has 1 fully saturated rings. The van der Waals surface area contributed by atoms with Gasteiger partial charge in [0.25, 0.3) is 5.91 Å². The molecule has 3 rings (SSSR count). The summed E-state index contributed by atoms with van der Waals surface area (Å²) in [5, 5.41) is 20.2. The Kier molecular flexibility index (Phi) is 5.43. The van der Waals surface area contributed by atoms with E-state index in [0.717, 1.165) is 12.0 Å². The molecule has 1 aromatic rings. The van der Waals surface area contributed by atoms with Gasteiger partial charge in [-0.3, -0.25) is 4.79 Å². The van der Waals surface area contributed by atoms with Crippen molar-refractivity contribution in [3.8, 4) is 6.07 Å². The quantitative estimate of drug-likeness (QED) is 0.793. The van der Waals surface area contributed by atoms with Crippen LogP contribution in [-0.4, -0.2) is 52.1 Å². The lowest BCUT2D eigenvalue weighted by molar-refractivity contribution is 0.0205. The van der Waals surface area contributed by atoms with Crippen LogP contribution in [0.2, 0.25) is 0 Å². The van der Waals surface area contributed by atoms with Gasteiger partial charge in [0.15, 0.2) is 6.23 Å². The first-order valence-electron chi connectivity index (χ1n) is 9.38. The van der Waals surface area contributed by atoms with Crippen molar-refractivity contribution in [2.24, 2.45) is 0 Å². The Bertz CT molecular complexity index is 863. The molecular formula is C21H25N3O4. The monoisotopic (exact) mass is 383 g/mol. The summed E-state index contributed by atoms with van der Waals surface area (Å²) in [6.07, 6.45) is -0.0890. The van der Waals surface area contributed by atoms with Crippen LogP contribution in [0, 0.1) is 11.3 Å². The van der Waals surface area contributed by atoms with Gasteiger partial charge < -0.3 is 19.6 Å². The minimum absolute atomic E-state index is 0.0165. The molecule has 148 valence electrons. The molecule has 2 amide bonds. The highest BCUT2D eigenvalue weighted by molar-refractivity contribution is 5.99. The van der Waals surface area contributed by atoms with E-state index in [-0.39, 0.29) is 12.5 Å². The average molecular weight is 383 g/mol. The number of nitriles is 1. The van der Waals surface area contributed by atoms with E-state index in [1.54, 1.807) is 29.2 Å². The summed E-state index contributed by atoms with van der Waals surface area (Å²) in [5.74, 6) is -0.295. The van der Waals surface area contributed by atoms with Crippen LogP contribution in [0.15, 0.2) is 35.4 Å². The molecule has 1 N–H and O–H groups in total. The third-order valence-corrected chi connectivity index (χ3v) is 4.86. The Morgan fingerprint density at radius 3 is 2.71 bits per heavy atom. The number of aliphatic hydroxyl groups is 1. The van der Waals surface area contributed by atoms with Gasteiger partial charge >= 0.3 is 6.09 Å². The minimum Gasteiger partial charge on any atom is -0.444 e. The maximum absolute atomic E-state index is 12.6. The fourth-order valence-electron chi connectivity index (χ4n) is 3.51. The lowest BCUT2D eigenvalue weighted by atomic mass is 9.99. The molecule has 0 spiro atoms. The van der Waals surface area contributed by atoms with Crippen molar-refractivity contribution in [3.05, 3.63) is 46.5 Å². The Labute approximate surface area is 164 Å². The Morgan fingerprint density at radius 1 is 1.36 bits per heavy atom. The van der Waals surface area contributed by atoms with E-state index in [1.807, 2.05) is 20.8 Å². The average Bonchev–Trinajstić information content (AvgIpc) is 2.89. The van der Waals surface area contributed by atoms with Gasteiger partial charge in [-0.1, -0.05) is 18.2 Å². The van der Waals surface area contributed by atoms with E-state index in [2.05, 4.69) is 6.07 Å². The van der Waals surface area contributed by atoms with Gasteiger partial charge in [-0.15, -0.1) is 0 Å². The normalized spacial score (nSPS) is 21.2. The molecule has 0 aliphatic carbocycles. The van der Waals surface area contributed by atoms with Crippen LogP contribution in [0.1, 0.15) is 55.8 Å². The maximum Gasteiger partial charge on any atom is 0.410 e. The number of carbonyl (C=O) groups excluding carboxylic acids is 2. The second-order valence-corrected chi connectivity index (χ2v) is 8.09. The van der Waals surface area contributed by atoms with Crippen molar-refractivity contribution in [1.82, 2.24) is 9.80 Å². The number of carbonyl (C=O) groups is 2. The second-order valence-electron chi connectivity index (χ2n) is 8.09. The number of hydrogen-bond acceptors (Lipinski definition) is 5. The number of aliphatic hydroxyl groups excluding tert-OH is 1. The van der Waals surface area contributed by atoms with Crippen LogP contribution in [0.3, 0.4) is 0 Å². The topological polar surface area (TPSA) is 93.9 Å². The smallest absolute Gasteiger partial charge is 0.410 e. The molecule has 2 aliphatic rings. The number of benzene rings is 1. The van der Waals surface area contributed by atoms with Gasteiger partial charge in [-0.2, -0.15) is 5.26 Å². The van der Waals surface area contributed by atoms with Crippen molar-refractivity contribution < 1.29 is 19.4 Å². The third-order valence-electron chi connectivity index (χ3n) is 4.86. The fraction of sp³-hybridized carbons (Fsp3) is 0.476. The highest BCUT2D eigenvalue weighted by Gasteiger charge is 2.36. The van der Waals surface area contributed by atoms with Crippen molar-refractivity contribution in [1.29, 1.82) is 5.26 Å². The molecule has 0 saturated carbocycles. The maximum atomic E-state index is 12.6. The van der Waals surface area contributed by atoms with Gasteiger partial charge in [-0.25, -0.2) is 4.79 Å². The van der Waals surface area contributed by atoms with E-state index in [4.69, 9.17) is 4.74 Å². The van der Waals surface area contributed by atoms with Crippen LogP contribution in [0.4, 0.5) is 4.79 Å². The zero-order valence-corrected chi connectivity index (χ0v) is 16.4. The Balaban J connectivity index is 1.77. The van der Waals surface area contributed by atoms with Crippen molar-refractivity contribution in [2.45, 2.75) is 45.4 Å². The lowest BCUT2D eigenvalue weighted by Crippen LogP contribution is -2.41. The van der Waals surface area contributed by atoms with Gasteiger partial charge in [0.05, 0.1) is 18.2 Å². The summed E-state index contributed by atoms with van der Waals surface area (Å²) in [5.41, 5.74) is 1.63. The standard InChI is InChI=1S/C21H25N3O4/c1-21(2,3)28-20(27)23-10-6-7-14(12-23)15(11-22)13-24-18(25)16-8-4-5-9-17(16)19(24)26/h4-5,8-9,18,25H,6-7,10,12-13H2,1-3H3/b15-14+. The van der Waals surface area contributed by atoms with E-state index in [1.165, 1.54) is 4.90 Å². The molecule has 0 radical (unpaired) electrons. The number of amides is 2. The van der Waals surface area contributed by atoms with E-state index < -0.39 is 17.9 Å². The van der Waals surface area contributed by atoms with Crippen LogP contribution < -0.4 is 0 Å². The molecule has 2 heterocycles. The van der Waals surface area contributed by atoms with Gasteiger partial charge in [0.2, 0.25) is 0 Å². The molecule has 7 heteroatoms. The predicted octanol–water partition coefficient (Wildman–Crippen LogP) is 2.98. The molecule has 28 heavy (non-hydrogen) atoms. The van der Waals surface area contributed by atoms with E-state index in [0.29, 0.717) is 36.2 Å². The fourth-order valence-corrected chi connectivity index (χ4v) is 3.51. The number of fused-ring (bicyclic) bond motifs is 1. The molecule has 0 bridgehead atoms. The summed E-state index contributed by atoms with van der Waals surface area (Å²) in [6.45, 7) is 6.30.